The standard InChI is InChI=1S/C9H11BrN2O3S/c1-6-7(12(14)15)5-11(3-2-4-16)9(13)8(6)10/h5,16H,2-4H2,1H3. The summed E-state index contributed by atoms with van der Waals surface area (Å²) < 4.78 is 1.59. The van der Waals surface area contributed by atoms with Gasteiger partial charge in [0.05, 0.1) is 15.6 Å². The fourth-order valence-electron chi connectivity index (χ4n) is 1.29. The third kappa shape index (κ3) is 2.65. The van der Waals surface area contributed by atoms with Gasteiger partial charge in [-0.25, -0.2) is 0 Å². The molecule has 0 radical (unpaired) electrons. The first kappa shape index (κ1) is 13.2. The topological polar surface area (TPSA) is 65.1 Å². The Morgan fingerprint density at radius 3 is 2.75 bits per heavy atom. The van der Waals surface area contributed by atoms with Crippen LogP contribution in [0.25, 0.3) is 0 Å². The highest BCUT2D eigenvalue weighted by molar-refractivity contribution is 9.10. The summed E-state index contributed by atoms with van der Waals surface area (Å²) in [5.74, 6) is 0.631. The lowest BCUT2D eigenvalue weighted by atomic mass is 10.2. The van der Waals surface area contributed by atoms with E-state index < -0.39 is 4.92 Å². The highest BCUT2D eigenvalue weighted by Gasteiger charge is 2.17. The van der Waals surface area contributed by atoms with Crippen molar-refractivity contribution in [1.82, 2.24) is 4.57 Å². The molecule has 5 nitrogen and oxygen atoms in total. The number of aryl methyl sites for hydroxylation is 1. The molecule has 0 aromatic carbocycles. The fraction of sp³-hybridized carbons (Fsp3) is 0.444. The van der Waals surface area contributed by atoms with E-state index in [0.717, 1.165) is 0 Å². The van der Waals surface area contributed by atoms with E-state index in [4.69, 9.17) is 0 Å². The summed E-state index contributed by atoms with van der Waals surface area (Å²) in [6.07, 6.45) is 1.97. The maximum atomic E-state index is 11.7. The van der Waals surface area contributed by atoms with Crippen molar-refractivity contribution >= 4 is 34.2 Å². The molecular formula is C9H11BrN2O3S. The third-order valence-corrected chi connectivity index (χ3v) is 3.44. The number of hydrogen-bond acceptors (Lipinski definition) is 4. The van der Waals surface area contributed by atoms with Gasteiger partial charge in [0.25, 0.3) is 11.2 Å². The Labute approximate surface area is 106 Å². The molecule has 1 rings (SSSR count). The van der Waals surface area contributed by atoms with Crippen molar-refractivity contribution < 1.29 is 4.92 Å². The molecule has 0 saturated carbocycles. The molecule has 0 spiro atoms. The van der Waals surface area contributed by atoms with Gasteiger partial charge in [-0.15, -0.1) is 0 Å². The molecule has 0 fully saturated rings. The van der Waals surface area contributed by atoms with Gasteiger partial charge in [0, 0.05) is 12.1 Å². The van der Waals surface area contributed by atoms with Crippen molar-refractivity contribution in [2.24, 2.45) is 0 Å². The van der Waals surface area contributed by atoms with Crippen molar-refractivity contribution in [2.45, 2.75) is 19.9 Å². The normalized spacial score (nSPS) is 10.4. The molecule has 88 valence electrons. The predicted molar refractivity (Wildman–Crippen MR) is 68.3 cm³/mol. The van der Waals surface area contributed by atoms with E-state index in [1.807, 2.05) is 0 Å². The van der Waals surface area contributed by atoms with Crippen LogP contribution in [0.15, 0.2) is 15.5 Å². The van der Waals surface area contributed by atoms with Crippen LogP contribution in [0.4, 0.5) is 5.69 Å². The first-order valence-corrected chi connectivity index (χ1v) is 6.06. The number of nitro groups is 1. The van der Waals surface area contributed by atoms with E-state index in [1.165, 1.54) is 10.8 Å². The van der Waals surface area contributed by atoms with Crippen LogP contribution in [0, 0.1) is 17.0 Å². The Hall–Kier alpha value is -0.820. The lowest BCUT2D eigenvalue weighted by molar-refractivity contribution is -0.386. The maximum absolute atomic E-state index is 11.7. The van der Waals surface area contributed by atoms with Crippen molar-refractivity contribution in [2.75, 3.05) is 5.75 Å². The zero-order valence-corrected chi connectivity index (χ0v) is 11.1. The van der Waals surface area contributed by atoms with Crippen LogP contribution in [0.3, 0.4) is 0 Å². The average Bonchev–Trinajstić information content (AvgIpc) is 2.24. The van der Waals surface area contributed by atoms with Crippen LogP contribution >= 0.6 is 28.6 Å². The SMILES string of the molecule is Cc1c([N+](=O)[O-])cn(CCCS)c(=O)c1Br. The number of rotatable bonds is 4. The van der Waals surface area contributed by atoms with Gasteiger partial charge in [-0.2, -0.15) is 12.6 Å². The van der Waals surface area contributed by atoms with Gasteiger partial charge in [0.2, 0.25) is 0 Å². The van der Waals surface area contributed by atoms with E-state index in [0.29, 0.717) is 24.3 Å². The van der Waals surface area contributed by atoms with Crippen LogP contribution in [-0.2, 0) is 6.54 Å². The summed E-state index contributed by atoms with van der Waals surface area (Å²) in [5.41, 5.74) is 0.0626. The van der Waals surface area contributed by atoms with Crippen LogP contribution in [0.2, 0.25) is 0 Å². The summed E-state index contributed by atoms with van der Waals surface area (Å²) in [6.45, 7) is 1.98. The molecule has 16 heavy (non-hydrogen) atoms. The predicted octanol–water partition coefficient (Wildman–Crippen LogP) is 2.15. The fourth-order valence-corrected chi connectivity index (χ4v) is 1.87. The summed E-state index contributed by atoms with van der Waals surface area (Å²) in [6, 6.07) is 0. The molecule has 0 bridgehead atoms. The first-order valence-electron chi connectivity index (χ1n) is 4.63. The summed E-state index contributed by atoms with van der Waals surface area (Å²) in [4.78, 5) is 22.0. The number of thiol groups is 1. The van der Waals surface area contributed by atoms with Crippen molar-refractivity contribution in [3.63, 3.8) is 0 Å². The Kier molecular flexibility index (Phi) is 4.55. The molecule has 0 atom stereocenters. The minimum absolute atomic E-state index is 0.0503. The van der Waals surface area contributed by atoms with Crippen molar-refractivity contribution in [3.05, 3.63) is 36.7 Å². The molecule has 0 aliphatic heterocycles. The monoisotopic (exact) mass is 306 g/mol. The lowest BCUT2D eigenvalue weighted by Gasteiger charge is -2.07. The molecule has 1 aromatic rings. The van der Waals surface area contributed by atoms with Gasteiger partial charge in [-0.1, -0.05) is 0 Å². The number of pyridine rings is 1. The molecule has 1 heterocycles. The van der Waals surface area contributed by atoms with Gasteiger partial charge in [-0.05, 0) is 35.0 Å². The van der Waals surface area contributed by atoms with Crippen LogP contribution in [0.5, 0.6) is 0 Å². The highest BCUT2D eigenvalue weighted by Crippen LogP contribution is 2.22. The zero-order chi connectivity index (χ0) is 12.3. The summed E-state index contributed by atoms with van der Waals surface area (Å²) in [7, 11) is 0. The lowest BCUT2D eigenvalue weighted by Crippen LogP contribution is -2.22. The smallest absolute Gasteiger partial charge is 0.289 e. The largest absolute Gasteiger partial charge is 0.308 e. The maximum Gasteiger partial charge on any atom is 0.289 e. The van der Waals surface area contributed by atoms with Crippen molar-refractivity contribution in [1.29, 1.82) is 0 Å². The molecule has 0 N–H and O–H groups in total. The molecular weight excluding hydrogens is 296 g/mol. The number of hydrogen-bond donors (Lipinski definition) is 1. The second kappa shape index (κ2) is 5.49. The summed E-state index contributed by atoms with van der Waals surface area (Å²) in [5, 5.41) is 10.8. The first-order chi connectivity index (χ1) is 7.49. The Bertz CT molecular complexity index is 473. The molecule has 0 saturated heterocycles. The molecule has 0 amide bonds. The Morgan fingerprint density at radius 2 is 2.25 bits per heavy atom. The molecule has 7 heteroatoms. The van der Waals surface area contributed by atoms with Crippen LogP contribution < -0.4 is 5.56 Å². The van der Waals surface area contributed by atoms with E-state index >= 15 is 0 Å². The van der Waals surface area contributed by atoms with Gasteiger partial charge in [0.1, 0.15) is 0 Å². The number of nitrogens with zero attached hydrogens (tertiary/aromatic N) is 2. The third-order valence-electron chi connectivity index (χ3n) is 2.19. The van der Waals surface area contributed by atoms with E-state index in [1.54, 1.807) is 6.92 Å². The molecule has 0 aliphatic carbocycles. The Balaban J connectivity index is 3.30. The Morgan fingerprint density at radius 1 is 1.62 bits per heavy atom. The summed E-state index contributed by atoms with van der Waals surface area (Å²) >= 11 is 7.12. The highest BCUT2D eigenvalue weighted by atomic mass is 79.9. The van der Waals surface area contributed by atoms with E-state index in [-0.39, 0.29) is 15.7 Å². The van der Waals surface area contributed by atoms with Crippen LogP contribution in [-0.4, -0.2) is 15.2 Å². The van der Waals surface area contributed by atoms with Crippen molar-refractivity contribution in [3.8, 4) is 0 Å². The second-order valence-corrected chi connectivity index (χ2v) is 4.53. The van der Waals surface area contributed by atoms with Gasteiger partial charge in [0.15, 0.2) is 0 Å². The average molecular weight is 307 g/mol. The molecule has 0 aliphatic rings. The van der Waals surface area contributed by atoms with Crippen LogP contribution in [0.1, 0.15) is 12.0 Å². The van der Waals surface area contributed by atoms with Gasteiger partial charge in [-0.3, -0.25) is 14.9 Å². The second-order valence-electron chi connectivity index (χ2n) is 3.29. The van der Waals surface area contributed by atoms with E-state index in [2.05, 4.69) is 28.6 Å². The minimum atomic E-state index is -0.489. The minimum Gasteiger partial charge on any atom is -0.308 e. The molecule has 0 unspecified atom stereocenters. The zero-order valence-electron chi connectivity index (χ0n) is 8.64. The number of halogens is 1. The number of aromatic nitrogens is 1. The van der Waals surface area contributed by atoms with Gasteiger partial charge >= 0.3 is 0 Å². The molecule has 1 aromatic heterocycles. The van der Waals surface area contributed by atoms with Gasteiger partial charge < -0.3 is 4.57 Å². The quantitative estimate of drug-likeness (QED) is 0.526. The van der Waals surface area contributed by atoms with E-state index in [9.17, 15) is 14.9 Å².